The summed E-state index contributed by atoms with van der Waals surface area (Å²) in [5, 5.41) is 7.16. The van der Waals surface area contributed by atoms with E-state index in [0.717, 1.165) is 15.4 Å². The number of carbonyl (C=O) groups excluding carboxylic acids is 1. The summed E-state index contributed by atoms with van der Waals surface area (Å²) in [5.41, 5.74) is -1.10. The van der Waals surface area contributed by atoms with Crippen LogP contribution in [0.2, 0.25) is 0 Å². The van der Waals surface area contributed by atoms with E-state index in [9.17, 15) is 22.8 Å². The van der Waals surface area contributed by atoms with E-state index in [1.165, 1.54) is 7.05 Å². The molecule has 0 saturated heterocycles. The molecule has 0 amide bonds. The molecule has 8 nitrogen and oxygen atoms in total. The van der Waals surface area contributed by atoms with Gasteiger partial charge in [0.25, 0.3) is 6.18 Å². The molecular weight excluding hydrogens is 408 g/mol. The molecule has 1 aliphatic rings. The maximum Gasteiger partial charge on any atom is 0.358 e. The predicted octanol–water partition coefficient (Wildman–Crippen LogP) is 0.667. The molecular formula is C12H11F3N5O3Y-. The number of esters is 1. The summed E-state index contributed by atoms with van der Waals surface area (Å²) in [6, 6.07) is 0. The molecule has 127 valence electrons. The van der Waals surface area contributed by atoms with Crippen molar-refractivity contribution in [1.29, 1.82) is 0 Å². The first-order valence-corrected chi connectivity index (χ1v) is 6.70. The van der Waals surface area contributed by atoms with Gasteiger partial charge in [-0.2, -0.15) is 17.0 Å². The molecule has 1 saturated carbocycles. The van der Waals surface area contributed by atoms with Crippen molar-refractivity contribution in [3.8, 4) is 0 Å². The molecule has 0 spiro atoms. The number of nitrogens with zero attached hydrogens (tertiary/aromatic N) is 5. The zero-order valence-corrected chi connectivity index (χ0v) is 15.3. The van der Waals surface area contributed by atoms with Crippen molar-refractivity contribution in [2.24, 2.45) is 7.05 Å². The number of alkyl halides is 3. The normalized spacial score (nSPS) is 18.6. The summed E-state index contributed by atoms with van der Waals surface area (Å²) in [7, 11) is 1.36. The molecule has 1 fully saturated rings. The fourth-order valence-electron chi connectivity index (χ4n) is 2.48. The fourth-order valence-corrected chi connectivity index (χ4v) is 2.48. The second kappa shape index (κ2) is 6.87. The van der Waals surface area contributed by atoms with Crippen molar-refractivity contribution in [1.82, 2.24) is 24.4 Å². The molecule has 0 N–H and O–H groups in total. The minimum Gasteiger partial charge on any atom is -0.490 e. The molecule has 0 aliphatic heterocycles. The van der Waals surface area contributed by atoms with E-state index in [1.54, 1.807) is 0 Å². The molecule has 1 atom stereocenters. The van der Waals surface area contributed by atoms with Crippen LogP contribution in [0.3, 0.4) is 0 Å². The van der Waals surface area contributed by atoms with Crippen molar-refractivity contribution in [3.05, 3.63) is 28.4 Å². The van der Waals surface area contributed by atoms with Gasteiger partial charge in [-0.15, -0.1) is 5.10 Å². The van der Waals surface area contributed by atoms with Crippen LogP contribution in [0.25, 0.3) is 5.65 Å². The van der Waals surface area contributed by atoms with E-state index in [0.29, 0.717) is 0 Å². The molecule has 2 aromatic rings. The molecule has 24 heavy (non-hydrogen) atoms. The molecule has 1 aliphatic carbocycles. The zero-order valence-electron chi connectivity index (χ0n) is 12.4. The monoisotopic (exact) mass is 419 g/mol. The van der Waals surface area contributed by atoms with Crippen LogP contribution < -0.4 is 5.69 Å². The third-order valence-electron chi connectivity index (χ3n) is 3.61. The second-order valence-corrected chi connectivity index (χ2v) is 5.09. The van der Waals surface area contributed by atoms with Gasteiger partial charge >= 0.3 is 11.7 Å². The van der Waals surface area contributed by atoms with Gasteiger partial charge in [-0.1, -0.05) is 11.6 Å². The molecule has 3 rings (SSSR count). The van der Waals surface area contributed by atoms with Gasteiger partial charge in [0.15, 0.2) is 11.3 Å². The molecule has 12 heteroatoms. The van der Waals surface area contributed by atoms with Gasteiger partial charge in [0.2, 0.25) is 0 Å². The summed E-state index contributed by atoms with van der Waals surface area (Å²) in [5.74, 6) is -1.83. The van der Waals surface area contributed by atoms with E-state index in [-0.39, 0.29) is 63.3 Å². The van der Waals surface area contributed by atoms with Gasteiger partial charge in [0.1, 0.15) is 6.33 Å². The van der Waals surface area contributed by atoms with Crippen LogP contribution in [0.15, 0.2) is 11.1 Å². The number of aromatic nitrogens is 5. The summed E-state index contributed by atoms with van der Waals surface area (Å²) in [6.45, 7) is 0. The van der Waals surface area contributed by atoms with E-state index in [1.807, 2.05) is 0 Å². The second-order valence-electron chi connectivity index (χ2n) is 5.09. The number of halogens is 3. The maximum atomic E-state index is 12.8. The fraction of sp³-hybridized carbons (Fsp3) is 0.500. The molecule has 2 heterocycles. The van der Waals surface area contributed by atoms with Crippen LogP contribution in [0, 0.1) is 5.92 Å². The van der Waals surface area contributed by atoms with Gasteiger partial charge in [0.05, 0.1) is 0 Å². The van der Waals surface area contributed by atoms with Gasteiger partial charge in [0, 0.05) is 39.8 Å². The molecule has 2 aromatic heterocycles. The van der Waals surface area contributed by atoms with Crippen molar-refractivity contribution in [3.63, 3.8) is 0 Å². The number of carbonyl (C=O) groups is 1. The Balaban J connectivity index is 0.00000208. The Bertz CT molecular complexity index is 818. The number of ether oxygens (including phenoxy) is 1. The van der Waals surface area contributed by atoms with E-state index < -0.39 is 29.9 Å². The first kappa shape index (κ1) is 19.0. The minimum absolute atomic E-state index is 0. The SMILES string of the molecule is Cn1nnc2c(C(=O)OC3CCC[C-]3C(F)(F)F)ncn2c1=O.[Y]. The molecule has 0 bridgehead atoms. The number of hydrogen-bond acceptors (Lipinski definition) is 6. The standard InChI is InChI=1S/C12H11F3N5O3.Y/c1-19-11(22)20-5-16-8(9(20)17-18-19)10(21)23-7-4-2-3-6(7)12(13,14)15;/h5,7H,2-4H2,1H3;/q-1;. The van der Waals surface area contributed by atoms with E-state index >= 15 is 0 Å². The van der Waals surface area contributed by atoms with Crippen molar-refractivity contribution in [2.75, 3.05) is 0 Å². The van der Waals surface area contributed by atoms with Crippen molar-refractivity contribution >= 4 is 11.6 Å². The summed E-state index contributed by atoms with van der Waals surface area (Å²) >= 11 is 0. The van der Waals surface area contributed by atoms with Crippen LogP contribution >= 0.6 is 0 Å². The van der Waals surface area contributed by atoms with E-state index in [2.05, 4.69) is 15.3 Å². The summed E-state index contributed by atoms with van der Waals surface area (Å²) in [4.78, 5) is 27.6. The number of hydrogen-bond donors (Lipinski definition) is 0. The van der Waals surface area contributed by atoms with E-state index in [4.69, 9.17) is 4.74 Å². The van der Waals surface area contributed by atoms with Gasteiger partial charge in [-0.3, -0.25) is 0 Å². The van der Waals surface area contributed by atoms with Gasteiger partial charge < -0.3 is 4.74 Å². The maximum absolute atomic E-state index is 12.8. The Morgan fingerprint density at radius 3 is 2.83 bits per heavy atom. The Labute approximate surface area is 158 Å². The third kappa shape index (κ3) is 3.37. The largest absolute Gasteiger partial charge is 0.490 e. The molecule has 1 radical (unpaired) electrons. The smallest absolute Gasteiger partial charge is 0.358 e. The van der Waals surface area contributed by atoms with Gasteiger partial charge in [-0.05, 0) is 12.5 Å². The molecule has 1 unspecified atom stereocenters. The Kier molecular flexibility index (Phi) is 5.43. The van der Waals surface area contributed by atoms with Crippen LogP contribution in [0.5, 0.6) is 0 Å². The third-order valence-corrected chi connectivity index (χ3v) is 3.61. The Hall–Kier alpha value is -1.36. The minimum atomic E-state index is -4.51. The average Bonchev–Trinajstić information content (AvgIpc) is 3.08. The Morgan fingerprint density at radius 1 is 1.46 bits per heavy atom. The topological polar surface area (TPSA) is 91.4 Å². The van der Waals surface area contributed by atoms with Crippen LogP contribution in [-0.4, -0.2) is 42.6 Å². The summed E-state index contributed by atoms with van der Waals surface area (Å²) < 4.78 is 45.3. The number of fused-ring (bicyclic) bond motifs is 1. The van der Waals surface area contributed by atoms with Crippen molar-refractivity contribution < 1.29 is 55.4 Å². The van der Waals surface area contributed by atoms with Crippen molar-refractivity contribution in [2.45, 2.75) is 31.5 Å². The Morgan fingerprint density at radius 2 is 2.17 bits per heavy atom. The van der Waals surface area contributed by atoms with Crippen LogP contribution in [-0.2, 0) is 44.5 Å². The number of imidazole rings is 1. The first-order valence-electron chi connectivity index (χ1n) is 6.70. The summed E-state index contributed by atoms with van der Waals surface area (Å²) in [6.07, 6.45) is -4.57. The van der Waals surface area contributed by atoms with Gasteiger partial charge in [-0.25, -0.2) is 32.1 Å². The quantitative estimate of drug-likeness (QED) is 0.525. The zero-order chi connectivity index (χ0) is 16.8. The number of aryl methyl sites for hydroxylation is 1. The molecule has 0 aromatic carbocycles. The predicted molar refractivity (Wildman–Crippen MR) is 68.4 cm³/mol. The van der Waals surface area contributed by atoms with Crippen LogP contribution in [0.1, 0.15) is 29.8 Å². The van der Waals surface area contributed by atoms with Crippen LogP contribution in [0.4, 0.5) is 13.2 Å². The average molecular weight is 419 g/mol. The first-order chi connectivity index (χ1) is 10.8. The number of rotatable bonds is 2.